The highest BCUT2D eigenvalue weighted by Gasteiger charge is 2.22. The Labute approximate surface area is 177 Å². The molecule has 0 saturated carbocycles. The van der Waals surface area contributed by atoms with Crippen LogP contribution in [-0.2, 0) is 9.53 Å². The monoisotopic (exact) mass is 410 g/mol. The van der Waals surface area contributed by atoms with E-state index in [0.29, 0.717) is 19.1 Å². The SMILES string of the molecule is CC1CC=C(C2=NN(CC(=O)Nc3cccc(N4CCOCC4)c3)C(O)C=C2)CC1. The fraction of sp³-hybridized carbons (Fsp3) is 0.478. The fourth-order valence-electron chi connectivity index (χ4n) is 3.96. The van der Waals surface area contributed by atoms with Crippen molar-refractivity contribution in [2.24, 2.45) is 11.0 Å². The number of hydrogen-bond acceptors (Lipinski definition) is 6. The molecule has 0 spiro atoms. The average molecular weight is 411 g/mol. The highest BCUT2D eigenvalue weighted by Crippen LogP contribution is 2.26. The standard InChI is InChI=1S/C23H30N4O3/c1-17-5-7-18(8-6-17)21-9-10-23(29)27(25-21)16-22(28)24-19-3-2-4-20(15-19)26-11-13-30-14-12-26/h2-4,7,9-10,15,17,23,29H,5-6,8,11-14,16H2,1H3,(H,24,28). The largest absolute Gasteiger partial charge is 0.378 e. The highest BCUT2D eigenvalue weighted by atomic mass is 16.5. The van der Waals surface area contributed by atoms with Gasteiger partial charge in [-0.25, -0.2) is 0 Å². The minimum absolute atomic E-state index is 0.0134. The molecule has 0 radical (unpaired) electrons. The molecule has 2 atom stereocenters. The van der Waals surface area contributed by atoms with Gasteiger partial charge >= 0.3 is 0 Å². The van der Waals surface area contributed by atoms with Gasteiger partial charge in [-0.15, -0.1) is 0 Å². The molecule has 0 aromatic heterocycles. The second kappa shape index (κ2) is 9.45. The molecule has 2 heterocycles. The number of anilines is 2. The van der Waals surface area contributed by atoms with Crippen molar-refractivity contribution < 1.29 is 14.6 Å². The number of morpholine rings is 1. The molecule has 2 aliphatic heterocycles. The molecular formula is C23H30N4O3. The van der Waals surface area contributed by atoms with E-state index in [0.717, 1.165) is 49.4 Å². The molecule has 1 fully saturated rings. The Morgan fingerprint density at radius 3 is 2.93 bits per heavy atom. The Kier molecular flexibility index (Phi) is 6.50. The predicted octanol–water partition coefficient (Wildman–Crippen LogP) is 2.75. The first-order valence-electron chi connectivity index (χ1n) is 10.7. The molecule has 3 aliphatic rings. The maximum atomic E-state index is 12.6. The van der Waals surface area contributed by atoms with Gasteiger partial charge in [-0.05, 0) is 61.1 Å². The summed E-state index contributed by atoms with van der Waals surface area (Å²) in [5.41, 5.74) is 3.84. The third-order valence-electron chi connectivity index (χ3n) is 5.78. The van der Waals surface area contributed by atoms with E-state index < -0.39 is 6.23 Å². The van der Waals surface area contributed by atoms with Crippen LogP contribution < -0.4 is 10.2 Å². The van der Waals surface area contributed by atoms with E-state index in [9.17, 15) is 9.90 Å². The zero-order chi connectivity index (χ0) is 20.9. The lowest BCUT2D eigenvalue weighted by atomic mass is 9.88. The number of aliphatic hydroxyl groups excluding tert-OH is 1. The Balaban J connectivity index is 1.39. The maximum absolute atomic E-state index is 12.6. The summed E-state index contributed by atoms with van der Waals surface area (Å²) in [7, 11) is 0. The van der Waals surface area contributed by atoms with Crippen LogP contribution in [0.4, 0.5) is 11.4 Å². The number of amides is 1. The fourth-order valence-corrected chi connectivity index (χ4v) is 3.96. The average Bonchev–Trinajstić information content (AvgIpc) is 2.77. The van der Waals surface area contributed by atoms with Crippen LogP contribution in [-0.4, -0.2) is 60.8 Å². The molecule has 4 rings (SSSR count). The number of allylic oxidation sites excluding steroid dienone is 3. The van der Waals surface area contributed by atoms with Crippen molar-refractivity contribution in [2.45, 2.75) is 32.4 Å². The van der Waals surface area contributed by atoms with Crippen LogP contribution in [0.3, 0.4) is 0 Å². The van der Waals surface area contributed by atoms with Gasteiger partial charge in [-0.3, -0.25) is 9.80 Å². The number of carbonyl (C=O) groups excluding carboxylic acids is 1. The summed E-state index contributed by atoms with van der Waals surface area (Å²) in [5.74, 6) is 0.487. The molecule has 0 bridgehead atoms. The lowest BCUT2D eigenvalue weighted by Gasteiger charge is -2.29. The zero-order valence-electron chi connectivity index (χ0n) is 17.5. The molecule has 160 valence electrons. The first-order valence-corrected chi connectivity index (χ1v) is 10.7. The number of hydrogen-bond donors (Lipinski definition) is 2. The van der Waals surface area contributed by atoms with Crippen LogP contribution in [0.2, 0.25) is 0 Å². The van der Waals surface area contributed by atoms with Crippen molar-refractivity contribution in [2.75, 3.05) is 43.1 Å². The van der Waals surface area contributed by atoms with Gasteiger partial charge in [0.05, 0.1) is 18.9 Å². The zero-order valence-corrected chi connectivity index (χ0v) is 17.5. The van der Waals surface area contributed by atoms with Gasteiger partial charge in [-0.1, -0.05) is 19.1 Å². The van der Waals surface area contributed by atoms with E-state index in [1.165, 1.54) is 10.6 Å². The molecule has 1 aliphatic carbocycles. The van der Waals surface area contributed by atoms with E-state index in [-0.39, 0.29) is 12.5 Å². The lowest BCUT2D eigenvalue weighted by molar-refractivity contribution is -0.119. The summed E-state index contributed by atoms with van der Waals surface area (Å²) >= 11 is 0. The predicted molar refractivity (Wildman–Crippen MR) is 118 cm³/mol. The molecule has 1 saturated heterocycles. The van der Waals surface area contributed by atoms with Crippen LogP contribution >= 0.6 is 0 Å². The van der Waals surface area contributed by atoms with Crippen molar-refractivity contribution in [3.63, 3.8) is 0 Å². The minimum atomic E-state index is -0.901. The summed E-state index contributed by atoms with van der Waals surface area (Å²) in [5, 5.41) is 19.2. The van der Waals surface area contributed by atoms with Crippen LogP contribution in [0.25, 0.3) is 0 Å². The Hall–Kier alpha value is -2.64. The van der Waals surface area contributed by atoms with Crippen molar-refractivity contribution >= 4 is 23.0 Å². The van der Waals surface area contributed by atoms with Gasteiger partial charge in [0.15, 0.2) is 6.23 Å². The third-order valence-corrected chi connectivity index (χ3v) is 5.78. The Bertz CT molecular complexity index is 858. The van der Waals surface area contributed by atoms with E-state index in [4.69, 9.17) is 4.74 Å². The summed E-state index contributed by atoms with van der Waals surface area (Å²) in [6, 6.07) is 7.82. The maximum Gasteiger partial charge on any atom is 0.245 e. The molecule has 2 N–H and O–H groups in total. The van der Waals surface area contributed by atoms with Crippen LogP contribution in [0.5, 0.6) is 0 Å². The number of benzene rings is 1. The second-order valence-corrected chi connectivity index (χ2v) is 8.16. The number of nitrogens with zero attached hydrogens (tertiary/aromatic N) is 3. The van der Waals surface area contributed by atoms with Crippen molar-refractivity contribution in [1.29, 1.82) is 0 Å². The second-order valence-electron chi connectivity index (χ2n) is 8.16. The van der Waals surface area contributed by atoms with Crippen molar-refractivity contribution in [3.05, 3.63) is 48.1 Å². The number of aliphatic hydroxyl groups is 1. The van der Waals surface area contributed by atoms with Gasteiger partial charge in [0, 0.05) is 24.5 Å². The first-order chi connectivity index (χ1) is 14.6. The summed E-state index contributed by atoms with van der Waals surface area (Å²) in [4.78, 5) is 14.9. The first kappa shape index (κ1) is 20.6. The highest BCUT2D eigenvalue weighted by molar-refractivity contribution is 6.08. The summed E-state index contributed by atoms with van der Waals surface area (Å²) in [6.45, 7) is 5.35. The van der Waals surface area contributed by atoms with E-state index in [1.54, 1.807) is 6.08 Å². The number of carbonyl (C=O) groups is 1. The van der Waals surface area contributed by atoms with Crippen molar-refractivity contribution in [3.8, 4) is 0 Å². The summed E-state index contributed by atoms with van der Waals surface area (Å²) in [6.07, 6.45) is 8.04. The smallest absolute Gasteiger partial charge is 0.245 e. The Morgan fingerprint density at radius 1 is 1.33 bits per heavy atom. The quantitative estimate of drug-likeness (QED) is 0.781. The number of rotatable bonds is 5. The van der Waals surface area contributed by atoms with Crippen molar-refractivity contribution in [1.82, 2.24) is 5.01 Å². The van der Waals surface area contributed by atoms with Crippen LogP contribution in [0, 0.1) is 5.92 Å². The molecule has 2 unspecified atom stereocenters. The van der Waals surface area contributed by atoms with E-state index in [2.05, 4.69) is 28.3 Å². The topological polar surface area (TPSA) is 77.4 Å². The molecule has 1 amide bonds. The molecule has 7 nitrogen and oxygen atoms in total. The van der Waals surface area contributed by atoms with Crippen LogP contribution in [0.1, 0.15) is 26.2 Å². The van der Waals surface area contributed by atoms with Gasteiger partial charge in [0.1, 0.15) is 6.54 Å². The molecule has 7 heteroatoms. The van der Waals surface area contributed by atoms with E-state index in [1.807, 2.05) is 30.3 Å². The number of ether oxygens (including phenoxy) is 1. The number of hydrazone groups is 1. The molecule has 1 aromatic rings. The summed E-state index contributed by atoms with van der Waals surface area (Å²) < 4.78 is 5.41. The van der Waals surface area contributed by atoms with Gasteiger partial charge in [-0.2, -0.15) is 5.10 Å². The Morgan fingerprint density at radius 2 is 2.17 bits per heavy atom. The number of nitrogens with one attached hydrogen (secondary N) is 1. The van der Waals surface area contributed by atoms with Gasteiger partial charge in [0.25, 0.3) is 0 Å². The van der Waals surface area contributed by atoms with Crippen LogP contribution in [0.15, 0.2) is 53.2 Å². The molecule has 1 aromatic carbocycles. The van der Waals surface area contributed by atoms with E-state index >= 15 is 0 Å². The normalized spacial score (nSPS) is 24.3. The van der Waals surface area contributed by atoms with Gasteiger partial charge in [0.2, 0.25) is 5.91 Å². The molecular weight excluding hydrogens is 380 g/mol. The minimum Gasteiger partial charge on any atom is -0.378 e. The van der Waals surface area contributed by atoms with Gasteiger partial charge < -0.3 is 20.1 Å². The lowest BCUT2D eigenvalue weighted by Crippen LogP contribution is -2.39. The third kappa shape index (κ3) is 5.09. The molecule has 30 heavy (non-hydrogen) atoms.